The molecular weight excluding hydrogens is 348 g/mol. The summed E-state index contributed by atoms with van der Waals surface area (Å²) in [5.74, 6) is 0.0289. The van der Waals surface area contributed by atoms with Crippen molar-refractivity contribution in [3.05, 3.63) is 48.5 Å². The molecule has 0 bridgehead atoms. The van der Waals surface area contributed by atoms with Crippen molar-refractivity contribution < 1.29 is 4.79 Å². The maximum Gasteiger partial charge on any atom is 0.251 e. The molecule has 142 valence electrons. The van der Waals surface area contributed by atoms with Crippen molar-refractivity contribution in [2.75, 3.05) is 13.1 Å². The van der Waals surface area contributed by atoms with Gasteiger partial charge in [0, 0.05) is 35.7 Å². The molecule has 1 fully saturated rings. The van der Waals surface area contributed by atoms with Crippen LogP contribution in [0, 0.1) is 0 Å². The predicted octanol–water partition coefficient (Wildman–Crippen LogP) is 3.68. The van der Waals surface area contributed by atoms with E-state index in [-0.39, 0.29) is 24.4 Å². The SMILES string of the molecule is CCN(CC)[C@H]1CCCCC1NC(=O)c1ccc(-n2ccnc2)cc1.Cl. The first-order valence-electron chi connectivity index (χ1n) is 9.36. The van der Waals surface area contributed by atoms with Gasteiger partial charge in [0.1, 0.15) is 0 Å². The summed E-state index contributed by atoms with van der Waals surface area (Å²) in [4.78, 5) is 19.2. The van der Waals surface area contributed by atoms with Crippen LogP contribution >= 0.6 is 12.4 Å². The summed E-state index contributed by atoms with van der Waals surface area (Å²) in [7, 11) is 0. The topological polar surface area (TPSA) is 50.2 Å². The molecule has 26 heavy (non-hydrogen) atoms. The fourth-order valence-electron chi connectivity index (χ4n) is 3.86. The number of hydrogen-bond acceptors (Lipinski definition) is 3. The third kappa shape index (κ3) is 4.65. The number of imidazole rings is 1. The number of benzene rings is 1. The average Bonchev–Trinajstić information content (AvgIpc) is 3.19. The lowest BCUT2D eigenvalue weighted by Gasteiger charge is -2.39. The van der Waals surface area contributed by atoms with Crippen LogP contribution in [0.4, 0.5) is 0 Å². The van der Waals surface area contributed by atoms with E-state index in [4.69, 9.17) is 0 Å². The highest BCUT2D eigenvalue weighted by molar-refractivity contribution is 5.94. The highest BCUT2D eigenvalue weighted by Crippen LogP contribution is 2.23. The van der Waals surface area contributed by atoms with Crippen molar-refractivity contribution >= 4 is 18.3 Å². The van der Waals surface area contributed by atoms with Gasteiger partial charge >= 0.3 is 0 Å². The average molecular weight is 377 g/mol. The zero-order valence-electron chi connectivity index (χ0n) is 15.6. The zero-order valence-corrected chi connectivity index (χ0v) is 16.4. The molecule has 1 heterocycles. The van der Waals surface area contributed by atoms with Crippen molar-refractivity contribution in [2.45, 2.75) is 51.6 Å². The van der Waals surface area contributed by atoms with Crippen LogP contribution in [0.15, 0.2) is 43.0 Å². The summed E-state index contributed by atoms with van der Waals surface area (Å²) >= 11 is 0. The number of hydrogen-bond donors (Lipinski definition) is 1. The van der Waals surface area contributed by atoms with Crippen molar-refractivity contribution in [3.63, 3.8) is 0 Å². The van der Waals surface area contributed by atoms with Gasteiger partial charge in [0.2, 0.25) is 0 Å². The van der Waals surface area contributed by atoms with Gasteiger partial charge in [0.05, 0.1) is 6.33 Å². The van der Waals surface area contributed by atoms with Crippen LogP contribution in [0.1, 0.15) is 49.9 Å². The fourth-order valence-corrected chi connectivity index (χ4v) is 3.86. The zero-order chi connectivity index (χ0) is 17.6. The molecule has 2 atom stereocenters. The lowest BCUT2D eigenvalue weighted by molar-refractivity contribution is 0.0846. The number of rotatable bonds is 6. The number of carbonyl (C=O) groups excluding carboxylic acids is 1. The van der Waals surface area contributed by atoms with E-state index in [1.165, 1.54) is 19.3 Å². The Morgan fingerprint density at radius 1 is 1.19 bits per heavy atom. The number of carbonyl (C=O) groups is 1. The first-order chi connectivity index (χ1) is 12.2. The second-order valence-electron chi connectivity index (χ2n) is 6.67. The minimum atomic E-state index is 0. The van der Waals surface area contributed by atoms with Gasteiger partial charge in [-0.25, -0.2) is 4.98 Å². The number of aromatic nitrogens is 2. The van der Waals surface area contributed by atoms with E-state index in [2.05, 4.69) is 29.0 Å². The number of nitrogens with zero attached hydrogens (tertiary/aromatic N) is 3. The lowest BCUT2D eigenvalue weighted by Crippen LogP contribution is -2.53. The Labute approximate surface area is 162 Å². The maximum atomic E-state index is 12.7. The minimum Gasteiger partial charge on any atom is -0.348 e. The quantitative estimate of drug-likeness (QED) is 0.836. The monoisotopic (exact) mass is 376 g/mol. The van der Waals surface area contributed by atoms with Gasteiger partial charge in [-0.05, 0) is 50.2 Å². The Bertz CT molecular complexity index is 668. The Morgan fingerprint density at radius 3 is 2.50 bits per heavy atom. The van der Waals surface area contributed by atoms with Gasteiger partial charge in [0.15, 0.2) is 0 Å². The molecule has 0 saturated heterocycles. The van der Waals surface area contributed by atoms with E-state index in [0.717, 1.165) is 25.2 Å². The summed E-state index contributed by atoms with van der Waals surface area (Å²) < 4.78 is 1.93. The van der Waals surface area contributed by atoms with Crippen LogP contribution in [0.25, 0.3) is 5.69 Å². The van der Waals surface area contributed by atoms with E-state index in [1.807, 2.05) is 35.0 Å². The van der Waals surface area contributed by atoms with Gasteiger partial charge in [-0.2, -0.15) is 0 Å². The van der Waals surface area contributed by atoms with E-state index in [0.29, 0.717) is 11.6 Å². The summed E-state index contributed by atoms with van der Waals surface area (Å²) in [5.41, 5.74) is 1.72. The smallest absolute Gasteiger partial charge is 0.251 e. The van der Waals surface area contributed by atoms with Crippen LogP contribution in [0.3, 0.4) is 0 Å². The largest absolute Gasteiger partial charge is 0.348 e. The Morgan fingerprint density at radius 2 is 1.88 bits per heavy atom. The normalized spacial score (nSPS) is 19.8. The Kier molecular flexibility index (Phi) is 7.66. The molecule has 1 unspecified atom stereocenters. The molecule has 1 aliphatic carbocycles. The lowest BCUT2D eigenvalue weighted by atomic mass is 9.88. The minimum absolute atomic E-state index is 0. The molecule has 6 heteroatoms. The van der Waals surface area contributed by atoms with E-state index in [9.17, 15) is 4.79 Å². The second kappa shape index (κ2) is 9.74. The molecule has 0 aliphatic heterocycles. The molecule has 1 aromatic carbocycles. The molecule has 2 aromatic rings. The summed E-state index contributed by atoms with van der Waals surface area (Å²) in [6, 6.07) is 8.39. The molecule has 1 N–H and O–H groups in total. The third-order valence-electron chi connectivity index (χ3n) is 5.26. The van der Waals surface area contributed by atoms with E-state index in [1.54, 1.807) is 12.5 Å². The molecule has 0 radical (unpaired) electrons. The van der Waals surface area contributed by atoms with Crippen molar-refractivity contribution in [3.8, 4) is 5.69 Å². The number of amides is 1. The van der Waals surface area contributed by atoms with Gasteiger partial charge < -0.3 is 9.88 Å². The van der Waals surface area contributed by atoms with Crippen molar-refractivity contribution in [1.29, 1.82) is 0 Å². The molecule has 3 rings (SSSR count). The van der Waals surface area contributed by atoms with Crippen molar-refractivity contribution in [2.24, 2.45) is 0 Å². The highest BCUT2D eigenvalue weighted by Gasteiger charge is 2.30. The van der Waals surface area contributed by atoms with Gasteiger partial charge in [-0.1, -0.05) is 26.7 Å². The molecule has 1 amide bonds. The molecule has 1 saturated carbocycles. The molecule has 1 aliphatic rings. The first kappa shape index (κ1) is 20.5. The molecular formula is C20H29ClN4O. The number of nitrogens with one attached hydrogen (secondary N) is 1. The molecule has 0 spiro atoms. The maximum absolute atomic E-state index is 12.7. The molecule has 5 nitrogen and oxygen atoms in total. The van der Waals surface area contributed by atoms with Crippen LogP contribution < -0.4 is 5.32 Å². The predicted molar refractivity (Wildman–Crippen MR) is 107 cm³/mol. The Balaban J connectivity index is 0.00000243. The van der Waals surface area contributed by atoms with E-state index < -0.39 is 0 Å². The van der Waals surface area contributed by atoms with Crippen molar-refractivity contribution in [1.82, 2.24) is 19.8 Å². The Hall–Kier alpha value is -1.85. The summed E-state index contributed by atoms with van der Waals surface area (Å²) in [6.45, 7) is 6.47. The van der Waals surface area contributed by atoms with Gasteiger partial charge in [0.25, 0.3) is 5.91 Å². The second-order valence-corrected chi connectivity index (χ2v) is 6.67. The standard InChI is InChI=1S/C20H28N4O.ClH/c1-3-23(4-2)19-8-6-5-7-18(19)22-20(25)16-9-11-17(12-10-16)24-14-13-21-15-24;/h9-15,18-19H,3-8H2,1-2H3,(H,22,25);1H/t18?,19-;/m0./s1. The summed E-state index contributed by atoms with van der Waals surface area (Å²) in [6.07, 6.45) is 10.1. The first-order valence-corrected chi connectivity index (χ1v) is 9.36. The van der Waals surface area contributed by atoms with Gasteiger partial charge in [-0.15, -0.1) is 12.4 Å². The van der Waals surface area contributed by atoms with Crippen LogP contribution in [-0.2, 0) is 0 Å². The molecule has 1 aromatic heterocycles. The highest BCUT2D eigenvalue weighted by atomic mass is 35.5. The summed E-state index contributed by atoms with van der Waals surface area (Å²) in [5, 5.41) is 3.29. The van der Waals surface area contributed by atoms with E-state index >= 15 is 0 Å². The van der Waals surface area contributed by atoms with Crippen LogP contribution in [0.5, 0.6) is 0 Å². The van der Waals surface area contributed by atoms with Gasteiger partial charge in [-0.3, -0.25) is 9.69 Å². The number of likely N-dealkylation sites (N-methyl/N-ethyl adjacent to an activating group) is 1. The fraction of sp³-hybridized carbons (Fsp3) is 0.500. The third-order valence-corrected chi connectivity index (χ3v) is 5.26. The number of halogens is 1. The van der Waals surface area contributed by atoms with Crippen LogP contribution in [0.2, 0.25) is 0 Å². The van der Waals surface area contributed by atoms with Crippen LogP contribution in [-0.4, -0.2) is 45.5 Å².